The maximum atomic E-state index is 14.5. The average molecular weight is 443 g/mol. The van der Waals surface area contributed by atoms with Crippen LogP contribution in [0.5, 0.6) is 11.5 Å². The van der Waals surface area contributed by atoms with Crippen LogP contribution in [0, 0.1) is 0 Å². The van der Waals surface area contributed by atoms with Gasteiger partial charge in [0.15, 0.2) is 5.78 Å². The predicted molar refractivity (Wildman–Crippen MR) is 129 cm³/mol. The predicted octanol–water partition coefficient (Wildman–Crippen LogP) is 7.39. The fourth-order valence-electron chi connectivity index (χ4n) is 3.46. The van der Waals surface area contributed by atoms with Crippen LogP contribution in [0.4, 0.5) is 0 Å². The topological polar surface area (TPSA) is 47.6 Å². The van der Waals surface area contributed by atoms with Crippen LogP contribution in [0.25, 0.3) is 0 Å². The lowest BCUT2D eigenvalue weighted by molar-refractivity contribution is 0.354. The van der Waals surface area contributed by atoms with Crippen LogP contribution >= 0.6 is 7.60 Å². The van der Waals surface area contributed by atoms with Gasteiger partial charge < -0.3 is 9.05 Å². The maximum absolute atomic E-state index is 14.5. The Labute approximate surface area is 189 Å². The molecule has 0 saturated heterocycles. The third kappa shape index (κ3) is 5.47. The number of hydrogen-bond donors (Lipinski definition) is 1. The second-order valence-corrected chi connectivity index (χ2v) is 9.42. The summed E-state index contributed by atoms with van der Waals surface area (Å²) >= 11 is 0. The molecule has 4 rings (SSSR count). The quantitative estimate of drug-likeness (QED) is 0.274. The molecule has 1 N–H and O–H groups in total. The number of nitrogens with one attached hydrogen (secondary N) is 1. The summed E-state index contributed by atoms with van der Waals surface area (Å²) in [5.41, 5.74) is 1.91. The molecule has 2 atom stereocenters. The summed E-state index contributed by atoms with van der Waals surface area (Å²) in [6.07, 6.45) is 0. The van der Waals surface area contributed by atoms with Crippen molar-refractivity contribution < 1.29 is 13.6 Å². The van der Waals surface area contributed by atoms with Crippen molar-refractivity contribution in [3.05, 3.63) is 132 Å². The molecule has 162 valence electrons. The molecule has 0 radical (unpaired) electrons. The molecule has 0 fully saturated rings. The molecule has 0 aliphatic heterocycles. The lowest BCUT2D eigenvalue weighted by Gasteiger charge is -2.31. The normalized spacial score (nSPS) is 13.2. The third-order valence-corrected chi connectivity index (χ3v) is 7.10. The maximum Gasteiger partial charge on any atom is 0.452 e. The summed E-state index contributed by atoms with van der Waals surface area (Å²) in [7, 11) is -3.78. The highest BCUT2D eigenvalue weighted by atomic mass is 31.2. The first-order valence-corrected chi connectivity index (χ1v) is 12.2. The molecule has 4 aromatic rings. The van der Waals surface area contributed by atoms with Crippen molar-refractivity contribution in [2.45, 2.75) is 18.7 Å². The van der Waals surface area contributed by atoms with E-state index in [0.717, 1.165) is 11.1 Å². The van der Waals surface area contributed by atoms with Gasteiger partial charge in [-0.15, -0.1) is 0 Å². The van der Waals surface area contributed by atoms with Crippen LogP contribution in [-0.4, -0.2) is 0 Å². The van der Waals surface area contributed by atoms with Gasteiger partial charge in [-0.25, -0.2) is 4.57 Å². The Bertz CT molecular complexity index is 1090. The van der Waals surface area contributed by atoms with Crippen molar-refractivity contribution >= 4 is 7.60 Å². The van der Waals surface area contributed by atoms with E-state index in [0.29, 0.717) is 11.5 Å². The van der Waals surface area contributed by atoms with Gasteiger partial charge in [-0.2, -0.15) is 0 Å². The fourth-order valence-corrected chi connectivity index (χ4v) is 5.48. The Balaban J connectivity index is 1.75. The van der Waals surface area contributed by atoms with Crippen LogP contribution in [0.2, 0.25) is 0 Å². The highest BCUT2D eigenvalue weighted by Gasteiger charge is 2.41. The molecular formula is C27H26NO3P. The van der Waals surface area contributed by atoms with Crippen LogP contribution in [0.3, 0.4) is 0 Å². The van der Waals surface area contributed by atoms with Crippen molar-refractivity contribution in [2.24, 2.45) is 0 Å². The second kappa shape index (κ2) is 10.3. The van der Waals surface area contributed by atoms with Crippen molar-refractivity contribution in [2.75, 3.05) is 0 Å². The first kappa shape index (κ1) is 21.9. The molecule has 0 aliphatic rings. The molecule has 4 nitrogen and oxygen atoms in total. The SMILES string of the molecule is CC(NC(c1ccccc1)P(=O)(Oc1ccccc1)Oc1ccccc1)c1ccccc1. The minimum atomic E-state index is -3.78. The molecule has 32 heavy (non-hydrogen) atoms. The van der Waals surface area contributed by atoms with E-state index in [2.05, 4.69) is 5.32 Å². The van der Waals surface area contributed by atoms with Gasteiger partial charge in [0, 0.05) is 6.04 Å². The molecule has 0 aliphatic carbocycles. The summed E-state index contributed by atoms with van der Waals surface area (Å²) in [5.74, 6) is 0.281. The zero-order valence-electron chi connectivity index (χ0n) is 17.9. The zero-order chi connectivity index (χ0) is 22.2. The van der Waals surface area contributed by atoms with Crippen LogP contribution in [-0.2, 0) is 4.57 Å². The molecular weight excluding hydrogens is 417 g/mol. The van der Waals surface area contributed by atoms with E-state index < -0.39 is 13.4 Å². The van der Waals surface area contributed by atoms with Crippen molar-refractivity contribution in [3.63, 3.8) is 0 Å². The lowest BCUT2D eigenvalue weighted by atomic mass is 10.1. The molecule has 0 heterocycles. The minimum absolute atomic E-state index is 0.0894. The highest BCUT2D eigenvalue weighted by molar-refractivity contribution is 7.55. The number of hydrogen-bond acceptors (Lipinski definition) is 4. The molecule has 0 saturated carbocycles. The van der Waals surface area contributed by atoms with Gasteiger partial charge >= 0.3 is 7.60 Å². The van der Waals surface area contributed by atoms with Gasteiger partial charge in [-0.1, -0.05) is 97.1 Å². The number of rotatable bonds is 9. The van der Waals surface area contributed by atoms with Gasteiger partial charge in [0.25, 0.3) is 0 Å². The number of para-hydroxylation sites is 2. The Morgan fingerprint density at radius 2 is 0.969 bits per heavy atom. The monoisotopic (exact) mass is 443 g/mol. The Hall–Kier alpha value is -3.33. The average Bonchev–Trinajstić information content (AvgIpc) is 2.84. The van der Waals surface area contributed by atoms with Gasteiger partial charge in [0.2, 0.25) is 0 Å². The molecule has 0 bridgehead atoms. The summed E-state index contributed by atoms with van der Waals surface area (Å²) < 4.78 is 26.8. The molecule has 0 amide bonds. The Morgan fingerprint density at radius 3 is 1.41 bits per heavy atom. The fraction of sp³-hybridized carbons (Fsp3) is 0.111. The van der Waals surface area contributed by atoms with E-state index in [-0.39, 0.29) is 6.04 Å². The first-order valence-electron chi connectivity index (χ1n) is 10.6. The minimum Gasteiger partial charge on any atom is -0.415 e. The van der Waals surface area contributed by atoms with Crippen molar-refractivity contribution in [1.82, 2.24) is 5.32 Å². The Kier molecular flexibility index (Phi) is 7.06. The zero-order valence-corrected chi connectivity index (χ0v) is 18.8. The number of benzene rings is 4. The van der Waals surface area contributed by atoms with E-state index in [4.69, 9.17) is 9.05 Å². The van der Waals surface area contributed by atoms with Crippen molar-refractivity contribution in [1.29, 1.82) is 0 Å². The van der Waals surface area contributed by atoms with E-state index >= 15 is 0 Å². The summed E-state index contributed by atoms with van der Waals surface area (Å²) in [4.78, 5) is 0. The molecule has 4 aromatic carbocycles. The van der Waals surface area contributed by atoms with E-state index in [9.17, 15) is 4.57 Å². The van der Waals surface area contributed by atoms with E-state index in [1.807, 2.05) is 104 Å². The van der Waals surface area contributed by atoms with Gasteiger partial charge in [0.1, 0.15) is 11.5 Å². The molecule has 5 heteroatoms. The summed E-state index contributed by atoms with van der Waals surface area (Å²) in [5, 5.41) is 3.52. The lowest BCUT2D eigenvalue weighted by Crippen LogP contribution is -2.28. The highest BCUT2D eigenvalue weighted by Crippen LogP contribution is 2.59. The smallest absolute Gasteiger partial charge is 0.415 e. The molecule has 0 spiro atoms. The van der Waals surface area contributed by atoms with E-state index in [1.54, 1.807) is 24.3 Å². The molecule has 0 aromatic heterocycles. The summed E-state index contributed by atoms with van der Waals surface area (Å²) in [6.45, 7) is 2.04. The van der Waals surface area contributed by atoms with Gasteiger partial charge in [0.05, 0.1) is 0 Å². The van der Waals surface area contributed by atoms with Gasteiger partial charge in [-0.05, 0) is 42.3 Å². The van der Waals surface area contributed by atoms with Crippen LogP contribution in [0.1, 0.15) is 29.9 Å². The van der Waals surface area contributed by atoms with Crippen LogP contribution in [0.15, 0.2) is 121 Å². The van der Waals surface area contributed by atoms with Crippen molar-refractivity contribution in [3.8, 4) is 11.5 Å². The standard InChI is InChI=1S/C27H26NO3P/c1-22(23-14-6-2-7-15-23)28-27(24-16-8-3-9-17-24)32(29,30-25-18-10-4-11-19-25)31-26-20-12-5-13-21-26/h2-22,27-28H,1H3. The summed E-state index contributed by atoms with van der Waals surface area (Å²) in [6, 6.07) is 37.9. The van der Waals surface area contributed by atoms with E-state index in [1.165, 1.54) is 0 Å². The second-order valence-electron chi connectivity index (χ2n) is 7.46. The Morgan fingerprint density at radius 1 is 0.594 bits per heavy atom. The first-order chi connectivity index (χ1) is 15.6. The van der Waals surface area contributed by atoms with Crippen LogP contribution < -0.4 is 14.4 Å². The largest absolute Gasteiger partial charge is 0.452 e. The third-order valence-electron chi connectivity index (χ3n) is 5.09. The van der Waals surface area contributed by atoms with Gasteiger partial charge in [-0.3, -0.25) is 5.32 Å². The molecule has 2 unspecified atom stereocenters.